The summed E-state index contributed by atoms with van der Waals surface area (Å²) >= 11 is 3.18. The number of nitro groups is 1. The van der Waals surface area contributed by atoms with E-state index in [0.717, 1.165) is 6.20 Å². The number of rotatable bonds is 7. The molecule has 1 aromatic carbocycles. The predicted octanol–water partition coefficient (Wildman–Crippen LogP) is 4.48. The molecule has 0 aliphatic rings. The van der Waals surface area contributed by atoms with E-state index in [4.69, 9.17) is 0 Å². The molecule has 1 heterocycles. The van der Waals surface area contributed by atoms with Crippen molar-refractivity contribution >= 4 is 38.9 Å². The first-order valence-electron chi connectivity index (χ1n) is 7.37. The van der Waals surface area contributed by atoms with Gasteiger partial charge < -0.3 is 10.6 Å². The Morgan fingerprint density at radius 3 is 2.81 bits per heavy atom. The first-order valence-corrected chi connectivity index (χ1v) is 8.16. The van der Waals surface area contributed by atoms with Crippen LogP contribution in [0, 0.1) is 10.1 Å². The average Bonchev–Trinajstić information content (AvgIpc) is 2.60. The molecule has 0 bridgehead atoms. The highest BCUT2D eigenvalue weighted by Gasteiger charge is 2.15. The van der Waals surface area contributed by atoms with Crippen molar-refractivity contribution in [3.05, 3.63) is 93.9 Å². The summed E-state index contributed by atoms with van der Waals surface area (Å²) in [4.78, 5) is 26.7. The summed E-state index contributed by atoms with van der Waals surface area (Å²) < 4.78 is 0.449. The second-order valence-corrected chi connectivity index (χ2v) is 5.87. The molecule has 7 nitrogen and oxygen atoms in total. The SMILES string of the molecule is C=C/C=C\C(=C)NC(=O)c1cccc(Nc2cc(Br)ncc2[N+](=O)[O-])c1. The number of amides is 1. The average molecular weight is 415 g/mol. The standard InChI is InChI=1S/C18H15BrN4O3/c1-3-4-6-12(2)21-18(24)13-7-5-8-14(9-13)22-15-10-17(19)20-11-16(15)23(25)26/h3-11H,1-2H2,(H,20,22)(H,21,24)/b6-4-. The van der Waals surface area contributed by atoms with E-state index in [-0.39, 0.29) is 17.3 Å². The number of halogens is 1. The van der Waals surface area contributed by atoms with E-state index >= 15 is 0 Å². The van der Waals surface area contributed by atoms with Crippen LogP contribution in [0.2, 0.25) is 0 Å². The predicted molar refractivity (Wildman–Crippen MR) is 104 cm³/mol. The lowest BCUT2D eigenvalue weighted by molar-refractivity contribution is -0.384. The number of hydrogen-bond donors (Lipinski definition) is 2. The normalized spacial score (nSPS) is 10.3. The Kier molecular flexibility index (Phi) is 6.40. The fourth-order valence-electron chi connectivity index (χ4n) is 2.01. The molecular formula is C18H15BrN4O3. The Labute approximate surface area is 158 Å². The lowest BCUT2D eigenvalue weighted by Crippen LogP contribution is -2.21. The minimum atomic E-state index is -0.533. The fourth-order valence-corrected chi connectivity index (χ4v) is 2.34. The third-order valence-corrected chi connectivity index (χ3v) is 3.59. The molecule has 2 rings (SSSR count). The Bertz CT molecular complexity index is 909. The van der Waals surface area contributed by atoms with Crippen molar-refractivity contribution in [2.75, 3.05) is 5.32 Å². The van der Waals surface area contributed by atoms with E-state index < -0.39 is 4.92 Å². The summed E-state index contributed by atoms with van der Waals surface area (Å²) in [6, 6.07) is 8.06. The summed E-state index contributed by atoms with van der Waals surface area (Å²) in [5, 5.41) is 16.7. The molecule has 0 saturated carbocycles. The molecule has 1 amide bonds. The van der Waals surface area contributed by atoms with E-state index in [2.05, 4.69) is 44.7 Å². The van der Waals surface area contributed by atoms with Crippen LogP contribution in [0.15, 0.2) is 78.2 Å². The minimum absolute atomic E-state index is 0.175. The first kappa shape index (κ1) is 19.1. The third kappa shape index (κ3) is 5.12. The monoisotopic (exact) mass is 414 g/mol. The van der Waals surface area contributed by atoms with E-state index in [1.165, 1.54) is 6.07 Å². The van der Waals surface area contributed by atoms with Crippen LogP contribution in [0.3, 0.4) is 0 Å². The van der Waals surface area contributed by atoms with Crippen LogP contribution >= 0.6 is 15.9 Å². The number of allylic oxidation sites excluding steroid dienone is 3. The number of anilines is 2. The summed E-state index contributed by atoms with van der Waals surface area (Å²) in [6.07, 6.45) is 5.99. The van der Waals surface area contributed by atoms with Gasteiger partial charge in [-0.15, -0.1) is 0 Å². The van der Waals surface area contributed by atoms with Gasteiger partial charge in [-0.1, -0.05) is 31.4 Å². The number of aromatic nitrogens is 1. The fraction of sp³-hybridized carbons (Fsp3) is 0. The maximum Gasteiger partial charge on any atom is 0.310 e. The zero-order valence-electron chi connectivity index (χ0n) is 13.6. The van der Waals surface area contributed by atoms with Gasteiger partial charge in [-0.3, -0.25) is 14.9 Å². The Morgan fingerprint density at radius 2 is 2.12 bits per heavy atom. The maximum absolute atomic E-state index is 12.3. The molecule has 2 N–H and O–H groups in total. The second-order valence-electron chi connectivity index (χ2n) is 5.06. The van der Waals surface area contributed by atoms with Crippen LogP contribution in [0.1, 0.15) is 10.4 Å². The second kappa shape index (κ2) is 8.72. The molecule has 0 unspecified atom stereocenters. The Balaban J connectivity index is 2.22. The van der Waals surface area contributed by atoms with E-state index in [1.54, 1.807) is 42.5 Å². The molecule has 0 fully saturated rings. The van der Waals surface area contributed by atoms with E-state index in [1.807, 2.05) is 0 Å². The van der Waals surface area contributed by atoms with Crippen LogP contribution < -0.4 is 10.6 Å². The van der Waals surface area contributed by atoms with Gasteiger partial charge in [0.1, 0.15) is 16.5 Å². The quantitative estimate of drug-likeness (QED) is 0.301. The van der Waals surface area contributed by atoms with Crippen molar-refractivity contribution < 1.29 is 9.72 Å². The molecule has 1 aromatic heterocycles. The van der Waals surface area contributed by atoms with Crippen LogP contribution in [0.5, 0.6) is 0 Å². The van der Waals surface area contributed by atoms with Crippen molar-refractivity contribution in [2.24, 2.45) is 0 Å². The number of benzene rings is 1. The summed E-state index contributed by atoms with van der Waals surface area (Å²) in [6.45, 7) is 7.26. The number of nitrogens with one attached hydrogen (secondary N) is 2. The largest absolute Gasteiger partial charge is 0.350 e. The van der Waals surface area contributed by atoms with Crippen LogP contribution in [0.25, 0.3) is 0 Å². The number of hydrogen-bond acceptors (Lipinski definition) is 5. The van der Waals surface area contributed by atoms with Gasteiger partial charge in [0, 0.05) is 23.0 Å². The van der Waals surface area contributed by atoms with Crippen molar-refractivity contribution in [1.82, 2.24) is 10.3 Å². The van der Waals surface area contributed by atoms with Gasteiger partial charge in [-0.25, -0.2) is 4.98 Å². The zero-order valence-corrected chi connectivity index (χ0v) is 15.2. The number of carbonyl (C=O) groups is 1. The maximum atomic E-state index is 12.3. The third-order valence-electron chi connectivity index (χ3n) is 3.16. The molecule has 0 atom stereocenters. The van der Waals surface area contributed by atoms with Crippen LogP contribution in [0.4, 0.5) is 17.1 Å². The van der Waals surface area contributed by atoms with Crippen LogP contribution in [-0.2, 0) is 0 Å². The molecule has 8 heteroatoms. The van der Waals surface area contributed by atoms with E-state index in [9.17, 15) is 14.9 Å². The van der Waals surface area contributed by atoms with Crippen molar-refractivity contribution in [3.8, 4) is 0 Å². The van der Waals surface area contributed by atoms with E-state index in [0.29, 0.717) is 21.6 Å². The Morgan fingerprint density at radius 1 is 1.35 bits per heavy atom. The lowest BCUT2D eigenvalue weighted by Gasteiger charge is -2.09. The molecule has 0 spiro atoms. The van der Waals surface area contributed by atoms with Gasteiger partial charge in [0.25, 0.3) is 5.91 Å². The number of carbonyl (C=O) groups excluding carboxylic acids is 1. The minimum Gasteiger partial charge on any atom is -0.350 e. The first-order chi connectivity index (χ1) is 12.4. The molecule has 0 aliphatic heterocycles. The summed E-state index contributed by atoms with van der Waals surface area (Å²) in [7, 11) is 0. The van der Waals surface area contributed by atoms with Gasteiger partial charge in [-0.05, 0) is 40.2 Å². The molecule has 26 heavy (non-hydrogen) atoms. The lowest BCUT2D eigenvalue weighted by atomic mass is 10.1. The number of pyridine rings is 1. The highest BCUT2D eigenvalue weighted by atomic mass is 79.9. The Hall–Kier alpha value is -3.26. The van der Waals surface area contributed by atoms with Gasteiger partial charge in [0.2, 0.25) is 0 Å². The van der Waals surface area contributed by atoms with Crippen molar-refractivity contribution in [1.29, 1.82) is 0 Å². The molecular weight excluding hydrogens is 400 g/mol. The van der Waals surface area contributed by atoms with Crippen LogP contribution in [-0.4, -0.2) is 15.8 Å². The van der Waals surface area contributed by atoms with Gasteiger partial charge in [-0.2, -0.15) is 0 Å². The zero-order chi connectivity index (χ0) is 19.1. The molecule has 0 radical (unpaired) electrons. The number of nitrogens with zero attached hydrogens (tertiary/aromatic N) is 2. The summed E-state index contributed by atoms with van der Waals surface area (Å²) in [5.41, 5.74) is 1.39. The van der Waals surface area contributed by atoms with Crippen molar-refractivity contribution in [2.45, 2.75) is 0 Å². The molecule has 2 aromatic rings. The topological polar surface area (TPSA) is 97.2 Å². The van der Waals surface area contributed by atoms with Gasteiger partial charge in [0.15, 0.2) is 0 Å². The highest BCUT2D eigenvalue weighted by Crippen LogP contribution is 2.29. The highest BCUT2D eigenvalue weighted by molar-refractivity contribution is 9.10. The molecule has 132 valence electrons. The smallest absolute Gasteiger partial charge is 0.310 e. The molecule has 0 aliphatic carbocycles. The summed E-state index contributed by atoms with van der Waals surface area (Å²) in [5.74, 6) is -0.349. The molecule has 0 saturated heterocycles. The van der Waals surface area contributed by atoms with Gasteiger partial charge in [0.05, 0.1) is 4.92 Å². The van der Waals surface area contributed by atoms with Gasteiger partial charge >= 0.3 is 5.69 Å². The van der Waals surface area contributed by atoms with Crippen molar-refractivity contribution in [3.63, 3.8) is 0 Å².